The van der Waals surface area contributed by atoms with Gasteiger partial charge in [0.25, 0.3) is 0 Å². The SMILES string of the molecule is CNC(CCc1ccsc1)c1c(C)cc(C)cc1C. The Kier molecular flexibility index (Phi) is 4.78. The maximum Gasteiger partial charge on any atom is 0.0325 e. The number of nitrogens with one attached hydrogen (secondary N) is 1. The molecule has 0 saturated heterocycles. The molecule has 2 heteroatoms. The van der Waals surface area contributed by atoms with Crippen molar-refractivity contribution in [2.45, 2.75) is 39.7 Å². The van der Waals surface area contributed by atoms with Gasteiger partial charge in [0.15, 0.2) is 0 Å². The zero-order valence-corrected chi connectivity index (χ0v) is 13.1. The summed E-state index contributed by atoms with van der Waals surface area (Å²) in [6.45, 7) is 6.62. The van der Waals surface area contributed by atoms with E-state index in [1.165, 1.54) is 27.8 Å². The summed E-state index contributed by atoms with van der Waals surface area (Å²) in [5.74, 6) is 0. The molecular formula is C17H23NS. The molecule has 0 saturated carbocycles. The summed E-state index contributed by atoms with van der Waals surface area (Å²) in [5.41, 5.74) is 7.09. The first-order chi connectivity index (χ1) is 9.11. The van der Waals surface area contributed by atoms with Crippen LogP contribution in [0.5, 0.6) is 0 Å². The molecule has 1 aromatic carbocycles. The maximum absolute atomic E-state index is 3.49. The largest absolute Gasteiger partial charge is 0.313 e. The lowest BCUT2D eigenvalue weighted by Crippen LogP contribution is -2.19. The molecule has 0 fully saturated rings. The van der Waals surface area contributed by atoms with Crippen molar-refractivity contribution in [3.8, 4) is 0 Å². The standard InChI is InChI=1S/C17H23NS/c1-12-9-13(2)17(14(3)10-12)16(18-4)6-5-15-7-8-19-11-15/h7-11,16,18H,5-6H2,1-4H3. The molecule has 19 heavy (non-hydrogen) atoms. The Bertz CT molecular complexity index is 505. The van der Waals surface area contributed by atoms with Gasteiger partial charge in [-0.15, -0.1) is 0 Å². The molecule has 1 aromatic heterocycles. The van der Waals surface area contributed by atoms with Gasteiger partial charge in [0.1, 0.15) is 0 Å². The van der Waals surface area contributed by atoms with E-state index in [0.717, 1.165) is 12.8 Å². The molecule has 0 amide bonds. The van der Waals surface area contributed by atoms with Crippen LogP contribution in [-0.4, -0.2) is 7.05 Å². The van der Waals surface area contributed by atoms with Crippen LogP contribution in [0.25, 0.3) is 0 Å². The molecule has 1 nitrogen and oxygen atoms in total. The van der Waals surface area contributed by atoms with Gasteiger partial charge in [-0.3, -0.25) is 0 Å². The number of thiophene rings is 1. The van der Waals surface area contributed by atoms with Crippen LogP contribution >= 0.6 is 11.3 Å². The molecule has 0 aliphatic rings. The van der Waals surface area contributed by atoms with E-state index >= 15 is 0 Å². The highest BCUT2D eigenvalue weighted by Gasteiger charge is 2.14. The third kappa shape index (κ3) is 3.46. The fraction of sp³-hybridized carbons (Fsp3) is 0.412. The second-order valence-corrected chi connectivity index (χ2v) is 6.10. The second-order valence-electron chi connectivity index (χ2n) is 5.32. The summed E-state index contributed by atoms with van der Waals surface area (Å²) in [6, 6.07) is 7.25. The molecule has 0 aliphatic carbocycles. The molecular weight excluding hydrogens is 250 g/mol. The number of hydrogen-bond donors (Lipinski definition) is 1. The Balaban J connectivity index is 2.17. The quantitative estimate of drug-likeness (QED) is 0.841. The number of benzene rings is 1. The predicted octanol–water partition coefficient (Wildman–Crippen LogP) is 4.57. The summed E-state index contributed by atoms with van der Waals surface area (Å²) in [6.07, 6.45) is 2.29. The summed E-state index contributed by atoms with van der Waals surface area (Å²) < 4.78 is 0. The summed E-state index contributed by atoms with van der Waals surface area (Å²) in [7, 11) is 2.07. The van der Waals surface area contributed by atoms with Crippen molar-refractivity contribution >= 4 is 11.3 Å². The zero-order chi connectivity index (χ0) is 13.8. The minimum absolute atomic E-state index is 0.445. The molecule has 1 heterocycles. The van der Waals surface area contributed by atoms with E-state index in [2.05, 4.69) is 62.1 Å². The third-order valence-corrected chi connectivity index (χ3v) is 4.47. The summed E-state index contributed by atoms with van der Waals surface area (Å²) in [4.78, 5) is 0. The first-order valence-electron chi connectivity index (χ1n) is 6.88. The van der Waals surface area contributed by atoms with Crippen LogP contribution in [0.3, 0.4) is 0 Å². The first-order valence-corrected chi connectivity index (χ1v) is 7.82. The molecule has 1 N–H and O–H groups in total. The van der Waals surface area contributed by atoms with Crippen molar-refractivity contribution in [3.63, 3.8) is 0 Å². The van der Waals surface area contributed by atoms with Gasteiger partial charge in [-0.2, -0.15) is 11.3 Å². The molecule has 102 valence electrons. The average Bonchev–Trinajstić information content (AvgIpc) is 2.85. The van der Waals surface area contributed by atoms with Crippen molar-refractivity contribution in [3.05, 3.63) is 56.8 Å². The molecule has 1 unspecified atom stereocenters. The van der Waals surface area contributed by atoms with Crippen LogP contribution in [0.2, 0.25) is 0 Å². The Labute approximate surface area is 120 Å². The number of hydrogen-bond acceptors (Lipinski definition) is 2. The van der Waals surface area contributed by atoms with Gasteiger partial charge in [-0.05, 0) is 79.7 Å². The van der Waals surface area contributed by atoms with Crippen molar-refractivity contribution in [1.29, 1.82) is 0 Å². The highest BCUT2D eigenvalue weighted by atomic mass is 32.1. The number of aryl methyl sites for hydroxylation is 4. The van der Waals surface area contributed by atoms with Crippen molar-refractivity contribution in [2.24, 2.45) is 0 Å². The Morgan fingerprint density at radius 1 is 1.16 bits per heavy atom. The van der Waals surface area contributed by atoms with Crippen LogP contribution < -0.4 is 5.32 Å². The van der Waals surface area contributed by atoms with E-state index < -0.39 is 0 Å². The molecule has 0 aliphatic heterocycles. The highest BCUT2D eigenvalue weighted by Crippen LogP contribution is 2.27. The highest BCUT2D eigenvalue weighted by molar-refractivity contribution is 7.07. The summed E-state index contributed by atoms with van der Waals surface area (Å²) >= 11 is 1.78. The zero-order valence-electron chi connectivity index (χ0n) is 12.3. The molecule has 0 radical (unpaired) electrons. The molecule has 2 rings (SSSR count). The van der Waals surface area contributed by atoms with Crippen LogP contribution in [0.4, 0.5) is 0 Å². The van der Waals surface area contributed by atoms with Gasteiger partial charge in [-0.25, -0.2) is 0 Å². The van der Waals surface area contributed by atoms with Crippen molar-refractivity contribution < 1.29 is 0 Å². The van der Waals surface area contributed by atoms with E-state index in [9.17, 15) is 0 Å². The lowest BCUT2D eigenvalue weighted by molar-refractivity contribution is 0.544. The lowest BCUT2D eigenvalue weighted by Gasteiger charge is -2.21. The minimum Gasteiger partial charge on any atom is -0.313 e. The van der Waals surface area contributed by atoms with Crippen LogP contribution in [0.15, 0.2) is 29.0 Å². The van der Waals surface area contributed by atoms with Gasteiger partial charge in [-0.1, -0.05) is 17.7 Å². The van der Waals surface area contributed by atoms with Crippen LogP contribution in [0, 0.1) is 20.8 Å². The van der Waals surface area contributed by atoms with Gasteiger partial charge >= 0.3 is 0 Å². The monoisotopic (exact) mass is 273 g/mol. The Morgan fingerprint density at radius 3 is 2.37 bits per heavy atom. The third-order valence-electron chi connectivity index (χ3n) is 3.74. The molecule has 0 bridgehead atoms. The smallest absolute Gasteiger partial charge is 0.0325 e. The Hall–Kier alpha value is -1.12. The van der Waals surface area contributed by atoms with E-state index in [-0.39, 0.29) is 0 Å². The fourth-order valence-corrected chi connectivity index (χ4v) is 3.62. The normalized spacial score (nSPS) is 12.6. The molecule has 1 atom stereocenters. The molecule has 0 spiro atoms. The Morgan fingerprint density at radius 2 is 1.84 bits per heavy atom. The lowest BCUT2D eigenvalue weighted by atomic mass is 9.91. The van der Waals surface area contributed by atoms with Crippen LogP contribution in [-0.2, 0) is 6.42 Å². The summed E-state index contributed by atoms with van der Waals surface area (Å²) in [5, 5.41) is 7.90. The maximum atomic E-state index is 3.49. The fourth-order valence-electron chi connectivity index (χ4n) is 2.92. The van der Waals surface area contributed by atoms with Crippen molar-refractivity contribution in [2.75, 3.05) is 7.05 Å². The van der Waals surface area contributed by atoms with E-state index in [0.29, 0.717) is 6.04 Å². The van der Waals surface area contributed by atoms with E-state index in [4.69, 9.17) is 0 Å². The van der Waals surface area contributed by atoms with Gasteiger partial charge < -0.3 is 5.32 Å². The van der Waals surface area contributed by atoms with Gasteiger partial charge in [0.2, 0.25) is 0 Å². The predicted molar refractivity (Wildman–Crippen MR) is 85.1 cm³/mol. The topological polar surface area (TPSA) is 12.0 Å². The first kappa shape index (κ1) is 14.3. The van der Waals surface area contributed by atoms with Gasteiger partial charge in [0, 0.05) is 6.04 Å². The average molecular weight is 273 g/mol. The second kappa shape index (κ2) is 6.36. The van der Waals surface area contributed by atoms with Gasteiger partial charge in [0.05, 0.1) is 0 Å². The number of rotatable bonds is 5. The van der Waals surface area contributed by atoms with E-state index in [1.807, 2.05) is 0 Å². The minimum atomic E-state index is 0.445. The van der Waals surface area contributed by atoms with E-state index in [1.54, 1.807) is 11.3 Å². The van der Waals surface area contributed by atoms with Crippen LogP contribution in [0.1, 0.15) is 40.3 Å². The molecule has 2 aromatic rings. The van der Waals surface area contributed by atoms with Crippen molar-refractivity contribution in [1.82, 2.24) is 5.32 Å².